The fourth-order valence-corrected chi connectivity index (χ4v) is 2.88. The van der Waals surface area contributed by atoms with Crippen molar-refractivity contribution in [3.05, 3.63) is 29.8 Å². The number of halogens is 8. The molecule has 0 heterocycles. The molecule has 2 rings (SSSR count). The molecule has 30 heavy (non-hydrogen) atoms. The van der Waals surface area contributed by atoms with Crippen LogP contribution in [0.2, 0.25) is 0 Å². The van der Waals surface area contributed by atoms with Crippen LogP contribution in [0.4, 0.5) is 35.1 Å². The summed E-state index contributed by atoms with van der Waals surface area (Å²) in [4.78, 5) is 12.1. The molecule has 1 aliphatic rings. The van der Waals surface area contributed by atoms with Gasteiger partial charge in [-0.25, -0.2) is 0 Å². The van der Waals surface area contributed by atoms with E-state index in [1.807, 2.05) is 0 Å². The SMILES string of the molecule is O=C(CC(O)C1(C(F)(F)F)CC1)N[C@@H](COC(F)F)c1cccc(OC(F)(F)F)c1. The molecule has 0 aromatic heterocycles. The van der Waals surface area contributed by atoms with E-state index in [2.05, 4.69) is 14.8 Å². The Balaban J connectivity index is 2.11. The van der Waals surface area contributed by atoms with Crippen LogP contribution in [0, 0.1) is 5.41 Å². The van der Waals surface area contributed by atoms with Crippen LogP contribution < -0.4 is 10.1 Å². The highest BCUT2D eigenvalue weighted by atomic mass is 19.4. The first-order valence-corrected chi connectivity index (χ1v) is 8.53. The Kier molecular flexibility index (Phi) is 7.17. The number of aliphatic hydroxyl groups excluding tert-OH is 1. The predicted molar refractivity (Wildman–Crippen MR) is 84.3 cm³/mol. The van der Waals surface area contributed by atoms with E-state index in [1.54, 1.807) is 0 Å². The van der Waals surface area contributed by atoms with Crippen molar-refractivity contribution in [1.29, 1.82) is 0 Å². The first-order chi connectivity index (χ1) is 13.7. The molecule has 170 valence electrons. The number of aliphatic hydroxyl groups is 1. The molecule has 1 aromatic carbocycles. The second-order valence-electron chi connectivity index (χ2n) is 6.71. The summed E-state index contributed by atoms with van der Waals surface area (Å²) in [5, 5.41) is 11.9. The van der Waals surface area contributed by atoms with Gasteiger partial charge in [-0.15, -0.1) is 13.2 Å². The molecule has 13 heteroatoms. The van der Waals surface area contributed by atoms with E-state index in [1.165, 1.54) is 6.07 Å². The lowest BCUT2D eigenvalue weighted by atomic mass is 9.95. The highest BCUT2D eigenvalue weighted by molar-refractivity contribution is 5.77. The number of hydrogen-bond donors (Lipinski definition) is 2. The van der Waals surface area contributed by atoms with Crippen molar-refractivity contribution in [2.45, 2.75) is 50.6 Å². The molecule has 2 atom stereocenters. The van der Waals surface area contributed by atoms with E-state index in [-0.39, 0.29) is 18.4 Å². The van der Waals surface area contributed by atoms with Crippen molar-refractivity contribution in [2.75, 3.05) is 6.61 Å². The number of carbonyl (C=O) groups excluding carboxylic acids is 1. The highest BCUT2D eigenvalue weighted by Gasteiger charge is 2.67. The van der Waals surface area contributed by atoms with Gasteiger partial charge < -0.3 is 19.9 Å². The fraction of sp³-hybridized carbons (Fsp3) is 0.588. The average Bonchev–Trinajstić information content (AvgIpc) is 3.38. The molecule has 0 aliphatic heterocycles. The quantitative estimate of drug-likeness (QED) is 0.556. The number of nitrogens with one attached hydrogen (secondary N) is 1. The summed E-state index contributed by atoms with van der Waals surface area (Å²) in [5.41, 5.74) is -2.53. The van der Waals surface area contributed by atoms with Crippen molar-refractivity contribution >= 4 is 5.91 Å². The second-order valence-corrected chi connectivity index (χ2v) is 6.71. The van der Waals surface area contributed by atoms with Crippen LogP contribution in [0.1, 0.15) is 30.9 Å². The van der Waals surface area contributed by atoms with Crippen molar-refractivity contribution in [2.24, 2.45) is 5.41 Å². The zero-order valence-corrected chi connectivity index (χ0v) is 15.1. The Morgan fingerprint density at radius 2 is 1.80 bits per heavy atom. The van der Waals surface area contributed by atoms with Gasteiger partial charge in [-0.1, -0.05) is 12.1 Å². The number of carbonyl (C=O) groups is 1. The van der Waals surface area contributed by atoms with Crippen LogP contribution in [0.3, 0.4) is 0 Å². The van der Waals surface area contributed by atoms with E-state index in [0.29, 0.717) is 0 Å². The first kappa shape index (κ1) is 24.1. The largest absolute Gasteiger partial charge is 0.573 e. The number of ether oxygens (including phenoxy) is 2. The number of alkyl halides is 8. The molecule has 2 N–H and O–H groups in total. The Labute approximate surface area is 164 Å². The topological polar surface area (TPSA) is 67.8 Å². The van der Waals surface area contributed by atoms with Crippen molar-refractivity contribution < 1.29 is 54.5 Å². The maximum Gasteiger partial charge on any atom is 0.573 e. The summed E-state index contributed by atoms with van der Waals surface area (Å²) in [6.07, 6.45) is -13.5. The highest BCUT2D eigenvalue weighted by Crippen LogP contribution is 2.60. The molecular weight excluding hydrogens is 434 g/mol. The standard InChI is InChI=1S/C17H17F8NO4/c18-14(19)29-8-11(9-2-1-3-10(6-9)30-17(23,24)25)26-13(28)7-12(27)15(4-5-15)16(20,21)22/h1-3,6,11-12,14,27H,4-5,7-8H2,(H,26,28)/t11-,12?/m0/s1. The van der Waals surface area contributed by atoms with E-state index < -0.39 is 61.4 Å². The number of hydrogen-bond acceptors (Lipinski definition) is 4. The lowest BCUT2D eigenvalue weighted by molar-refractivity contribution is -0.274. The van der Waals surface area contributed by atoms with Gasteiger partial charge in [0.05, 0.1) is 30.6 Å². The normalized spacial score (nSPS) is 18.1. The minimum Gasteiger partial charge on any atom is -0.406 e. The van der Waals surface area contributed by atoms with Gasteiger partial charge in [0, 0.05) is 0 Å². The van der Waals surface area contributed by atoms with Crippen LogP contribution in [-0.4, -0.2) is 42.9 Å². The van der Waals surface area contributed by atoms with Gasteiger partial charge in [-0.2, -0.15) is 22.0 Å². The smallest absolute Gasteiger partial charge is 0.406 e. The van der Waals surface area contributed by atoms with Gasteiger partial charge in [0.2, 0.25) is 5.91 Å². The molecular formula is C17H17F8NO4. The molecule has 0 spiro atoms. The zero-order valence-electron chi connectivity index (χ0n) is 15.1. The molecule has 5 nitrogen and oxygen atoms in total. The van der Waals surface area contributed by atoms with E-state index in [0.717, 1.165) is 18.2 Å². The van der Waals surface area contributed by atoms with Crippen molar-refractivity contribution in [3.63, 3.8) is 0 Å². The zero-order chi connectivity index (χ0) is 22.7. The molecule has 1 fully saturated rings. The molecule has 1 aromatic rings. The van der Waals surface area contributed by atoms with E-state index in [9.17, 15) is 45.0 Å². The molecule has 1 unspecified atom stereocenters. The summed E-state index contributed by atoms with van der Waals surface area (Å²) >= 11 is 0. The van der Waals surface area contributed by atoms with Gasteiger partial charge in [-0.3, -0.25) is 4.79 Å². The maximum absolute atomic E-state index is 13.0. The second kappa shape index (κ2) is 8.92. The van der Waals surface area contributed by atoms with Crippen LogP contribution >= 0.6 is 0 Å². The van der Waals surface area contributed by atoms with Crippen LogP contribution in [0.15, 0.2) is 24.3 Å². The molecule has 1 amide bonds. The van der Waals surface area contributed by atoms with Crippen molar-refractivity contribution in [3.8, 4) is 5.75 Å². The lowest BCUT2D eigenvalue weighted by Crippen LogP contribution is -2.41. The van der Waals surface area contributed by atoms with Crippen LogP contribution in [0.25, 0.3) is 0 Å². The Bertz CT molecular complexity index is 733. The minimum atomic E-state index is -5.03. The Morgan fingerprint density at radius 3 is 2.30 bits per heavy atom. The van der Waals surface area contributed by atoms with Gasteiger partial charge >= 0.3 is 19.2 Å². The van der Waals surface area contributed by atoms with Crippen molar-refractivity contribution in [1.82, 2.24) is 5.32 Å². The summed E-state index contributed by atoms with van der Waals surface area (Å²) in [6, 6.07) is 2.57. The molecule has 1 saturated carbocycles. The summed E-state index contributed by atoms with van der Waals surface area (Å²) in [6.45, 7) is -4.16. The predicted octanol–water partition coefficient (Wildman–Crippen LogP) is 4.08. The van der Waals surface area contributed by atoms with E-state index >= 15 is 0 Å². The van der Waals surface area contributed by atoms with Crippen LogP contribution in [0.5, 0.6) is 5.75 Å². The molecule has 0 saturated heterocycles. The van der Waals surface area contributed by atoms with Gasteiger partial charge in [0.1, 0.15) is 5.75 Å². The monoisotopic (exact) mass is 451 g/mol. The third-order valence-corrected chi connectivity index (χ3v) is 4.59. The third-order valence-electron chi connectivity index (χ3n) is 4.59. The number of amides is 1. The maximum atomic E-state index is 13.0. The summed E-state index contributed by atoms with van der Waals surface area (Å²) in [5.74, 6) is -1.83. The number of rotatable bonds is 9. The first-order valence-electron chi connectivity index (χ1n) is 8.53. The third kappa shape index (κ3) is 6.42. The Morgan fingerprint density at radius 1 is 1.17 bits per heavy atom. The fourth-order valence-electron chi connectivity index (χ4n) is 2.88. The van der Waals surface area contributed by atoms with Gasteiger partial charge in [0.25, 0.3) is 0 Å². The summed E-state index contributed by atoms with van der Waals surface area (Å²) < 4.78 is 109. The molecule has 0 radical (unpaired) electrons. The van der Waals surface area contributed by atoms with Gasteiger partial charge in [-0.05, 0) is 30.5 Å². The van der Waals surface area contributed by atoms with Crippen LogP contribution in [-0.2, 0) is 9.53 Å². The lowest BCUT2D eigenvalue weighted by Gasteiger charge is -2.26. The van der Waals surface area contributed by atoms with Gasteiger partial charge in [0.15, 0.2) is 0 Å². The average molecular weight is 451 g/mol. The summed E-state index contributed by atoms with van der Waals surface area (Å²) in [7, 11) is 0. The van der Waals surface area contributed by atoms with E-state index in [4.69, 9.17) is 0 Å². The molecule has 0 bridgehead atoms. The number of benzene rings is 1. The molecule has 1 aliphatic carbocycles. The Hall–Kier alpha value is -2.15. The minimum absolute atomic E-state index is 0.128.